The Bertz CT molecular complexity index is 1330. The van der Waals surface area contributed by atoms with Crippen LogP contribution in [0.2, 0.25) is 0 Å². The molecular formula is C28H30N4O5. The molecule has 0 radical (unpaired) electrons. The van der Waals surface area contributed by atoms with Gasteiger partial charge in [-0.2, -0.15) is 4.98 Å². The van der Waals surface area contributed by atoms with Crippen molar-refractivity contribution in [3.63, 3.8) is 0 Å². The second kappa shape index (κ2) is 11.1. The Labute approximate surface area is 214 Å². The first-order valence-electron chi connectivity index (χ1n) is 12.7. The summed E-state index contributed by atoms with van der Waals surface area (Å²) in [5, 5.41) is 28.3. The van der Waals surface area contributed by atoms with Crippen LogP contribution >= 0.6 is 0 Å². The van der Waals surface area contributed by atoms with Gasteiger partial charge in [-0.05, 0) is 31.4 Å². The van der Waals surface area contributed by atoms with E-state index >= 15 is 0 Å². The zero-order valence-electron chi connectivity index (χ0n) is 20.7. The van der Waals surface area contributed by atoms with Crippen molar-refractivity contribution in [1.29, 1.82) is 0 Å². The Hall–Kier alpha value is -3.82. The minimum atomic E-state index is -0.807. The summed E-state index contributed by atoms with van der Waals surface area (Å²) in [6, 6.07) is 17.2. The summed E-state index contributed by atoms with van der Waals surface area (Å²) in [5.74, 6) is 0.619. The van der Waals surface area contributed by atoms with Crippen molar-refractivity contribution in [2.45, 2.75) is 51.2 Å². The number of aromatic nitrogens is 3. The second-order valence-corrected chi connectivity index (χ2v) is 9.40. The zero-order chi connectivity index (χ0) is 25.8. The van der Waals surface area contributed by atoms with E-state index < -0.39 is 12.1 Å². The first kappa shape index (κ1) is 24.9. The summed E-state index contributed by atoms with van der Waals surface area (Å²) in [4.78, 5) is 17.8. The Kier molecular flexibility index (Phi) is 7.43. The van der Waals surface area contributed by atoms with Gasteiger partial charge in [0.1, 0.15) is 0 Å². The molecule has 2 atom stereocenters. The highest BCUT2D eigenvalue weighted by Crippen LogP contribution is 2.33. The van der Waals surface area contributed by atoms with Crippen molar-refractivity contribution in [2.75, 3.05) is 13.1 Å². The van der Waals surface area contributed by atoms with Crippen molar-refractivity contribution in [3.05, 3.63) is 65.7 Å². The Morgan fingerprint density at radius 1 is 1.08 bits per heavy atom. The molecular weight excluding hydrogens is 472 g/mol. The Balaban J connectivity index is 1.31. The van der Waals surface area contributed by atoms with Crippen molar-refractivity contribution in [2.24, 2.45) is 0 Å². The Morgan fingerprint density at radius 2 is 1.86 bits per heavy atom. The van der Waals surface area contributed by atoms with Gasteiger partial charge in [0.25, 0.3) is 5.89 Å². The van der Waals surface area contributed by atoms with Gasteiger partial charge in [-0.25, -0.2) is 0 Å². The average molecular weight is 503 g/mol. The summed E-state index contributed by atoms with van der Waals surface area (Å²) in [5.41, 5.74) is 3.93. The molecule has 192 valence electrons. The quantitative estimate of drug-likeness (QED) is 0.309. The van der Waals surface area contributed by atoms with Crippen LogP contribution in [0.1, 0.15) is 49.8 Å². The van der Waals surface area contributed by atoms with E-state index in [4.69, 9.17) is 14.2 Å². The second-order valence-electron chi connectivity index (χ2n) is 9.40. The number of rotatable bonds is 10. The van der Waals surface area contributed by atoms with E-state index in [-0.39, 0.29) is 12.5 Å². The topological polar surface area (TPSA) is 126 Å². The molecule has 0 aliphatic carbocycles. The van der Waals surface area contributed by atoms with Gasteiger partial charge in [-0.1, -0.05) is 78.3 Å². The van der Waals surface area contributed by atoms with Gasteiger partial charge < -0.3 is 19.3 Å². The summed E-state index contributed by atoms with van der Waals surface area (Å²) in [6.45, 7) is 3.29. The summed E-state index contributed by atoms with van der Waals surface area (Å²) >= 11 is 0. The molecule has 2 aromatic heterocycles. The monoisotopic (exact) mass is 502 g/mol. The number of β-amino-alcohol motifs (C(OH)–C–C–N with tert-alkyl or cyclic N) is 1. The fourth-order valence-electron chi connectivity index (χ4n) is 4.96. The fourth-order valence-corrected chi connectivity index (χ4v) is 4.96. The number of aliphatic hydroxyl groups excluding tert-OH is 1. The summed E-state index contributed by atoms with van der Waals surface area (Å²) in [7, 11) is 0. The number of aliphatic carboxylic acids is 1. The lowest BCUT2D eigenvalue weighted by Crippen LogP contribution is -2.34. The van der Waals surface area contributed by atoms with E-state index in [1.165, 1.54) is 0 Å². The maximum atomic E-state index is 11.1. The van der Waals surface area contributed by atoms with Crippen molar-refractivity contribution < 1.29 is 24.1 Å². The number of carboxylic acids is 1. The van der Waals surface area contributed by atoms with Gasteiger partial charge >= 0.3 is 5.97 Å². The van der Waals surface area contributed by atoms with Gasteiger partial charge in [-0.3, -0.25) is 9.69 Å². The molecule has 0 amide bonds. The molecule has 1 fully saturated rings. The van der Waals surface area contributed by atoms with E-state index in [0.717, 1.165) is 54.5 Å². The van der Waals surface area contributed by atoms with Gasteiger partial charge in [0.2, 0.25) is 5.82 Å². The lowest BCUT2D eigenvalue weighted by atomic mass is 10.0. The van der Waals surface area contributed by atoms with Gasteiger partial charge in [-0.15, -0.1) is 0 Å². The smallest absolute Gasteiger partial charge is 0.304 e. The minimum absolute atomic E-state index is 0.0271. The van der Waals surface area contributed by atoms with Crippen molar-refractivity contribution in [3.8, 4) is 34.3 Å². The fraction of sp³-hybridized carbons (Fsp3) is 0.357. The van der Waals surface area contributed by atoms with E-state index in [2.05, 4.69) is 27.1 Å². The molecule has 1 unspecified atom stereocenters. The lowest BCUT2D eigenvalue weighted by molar-refractivity contribution is -0.138. The maximum Gasteiger partial charge on any atom is 0.304 e. The molecule has 4 aromatic rings. The average Bonchev–Trinajstić information content (AvgIpc) is 3.65. The van der Waals surface area contributed by atoms with Gasteiger partial charge in [0.05, 0.1) is 12.5 Å². The number of aliphatic hydroxyl groups is 1. The van der Waals surface area contributed by atoms with Crippen LogP contribution in [-0.2, 0) is 11.2 Å². The third-order valence-corrected chi connectivity index (χ3v) is 6.82. The molecule has 3 heterocycles. The molecule has 0 bridgehead atoms. The Morgan fingerprint density at radius 3 is 2.59 bits per heavy atom. The highest BCUT2D eigenvalue weighted by molar-refractivity contribution is 5.70. The number of hydrogen-bond donors (Lipinski definition) is 2. The van der Waals surface area contributed by atoms with Crippen LogP contribution < -0.4 is 0 Å². The van der Waals surface area contributed by atoms with Crippen LogP contribution in [0, 0.1) is 0 Å². The van der Waals surface area contributed by atoms with Crippen molar-refractivity contribution >= 4 is 5.97 Å². The number of likely N-dealkylation sites (tertiary alicyclic amines) is 1. The van der Waals surface area contributed by atoms with Gasteiger partial charge in [0, 0.05) is 29.3 Å². The van der Waals surface area contributed by atoms with Crippen LogP contribution in [0.25, 0.3) is 34.3 Å². The third-order valence-electron chi connectivity index (χ3n) is 6.82. The molecule has 0 spiro atoms. The molecule has 1 saturated heterocycles. The predicted molar refractivity (Wildman–Crippen MR) is 136 cm³/mol. The standard InChI is InChI=1S/C28H30N4O5/c1-2-7-22-25(30-36-26(22)19-8-4-3-5-9-19)28-29-27(31-37-28)20-13-11-18(12-14-20)23(33)17-32-15-6-10-21(32)16-24(34)35/h3-5,8-9,11-14,21,23,33H,2,6-7,10,15-17H2,1H3,(H,34,35)/t21?,23-/m1/s1. The lowest BCUT2D eigenvalue weighted by Gasteiger charge is -2.26. The molecule has 0 saturated carbocycles. The van der Waals surface area contributed by atoms with E-state index in [1.54, 1.807) is 0 Å². The number of carbonyl (C=O) groups is 1. The van der Waals surface area contributed by atoms with Crippen LogP contribution in [0.15, 0.2) is 63.6 Å². The third kappa shape index (κ3) is 5.47. The first-order valence-corrected chi connectivity index (χ1v) is 12.7. The molecule has 9 nitrogen and oxygen atoms in total. The largest absolute Gasteiger partial charge is 0.481 e. The number of nitrogens with zero attached hydrogens (tertiary/aromatic N) is 4. The molecule has 2 N–H and O–H groups in total. The zero-order valence-corrected chi connectivity index (χ0v) is 20.7. The number of carboxylic acid groups (broad SMARTS) is 1. The minimum Gasteiger partial charge on any atom is -0.481 e. The van der Waals surface area contributed by atoms with Crippen LogP contribution in [0.3, 0.4) is 0 Å². The molecule has 5 rings (SSSR count). The first-order chi connectivity index (χ1) is 18.0. The SMILES string of the molecule is CCCc1c(-c2nc(-c3ccc([C@H](O)CN4CCCC4CC(=O)O)cc3)no2)noc1-c1ccccc1. The van der Waals surface area contributed by atoms with Crippen molar-refractivity contribution in [1.82, 2.24) is 20.2 Å². The highest BCUT2D eigenvalue weighted by atomic mass is 16.5. The molecule has 1 aliphatic rings. The van der Waals surface area contributed by atoms with Crippen LogP contribution in [-0.4, -0.2) is 55.5 Å². The normalized spacial score (nSPS) is 16.8. The number of benzene rings is 2. The van der Waals surface area contributed by atoms with Gasteiger partial charge in [0.15, 0.2) is 11.5 Å². The van der Waals surface area contributed by atoms with Crippen LogP contribution in [0.5, 0.6) is 0 Å². The van der Waals surface area contributed by atoms with E-state index in [9.17, 15) is 9.90 Å². The summed E-state index contributed by atoms with van der Waals surface area (Å²) in [6.07, 6.45) is 2.85. The molecule has 37 heavy (non-hydrogen) atoms. The van der Waals surface area contributed by atoms with E-state index in [1.807, 2.05) is 54.6 Å². The molecule has 9 heteroatoms. The predicted octanol–water partition coefficient (Wildman–Crippen LogP) is 4.98. The maximum absolute atomic E-state index is 11.1. The number of hydrogen-bond acceptors (Lipinski definition) is 8. The van der Waals surface area contributed by atoms with Crippen LogP contribution in [0.4, 0.5) is 0 Å². The molecule has 2 aromatic carbocycles. The highest BCUT2D eigenvalue weighted by Gasteiger charge is 2.28. The van der Waals surface area contributed by atoms with E-state index in [0.29, 0.717) is 29.7 Å². The molecule has 1 aliphatic heterocycles. The summed E-state index contributed by atoms with van der Waals surface area (Å²) < 4.78 is 11.3.